The second kappa shape index (κ2) is 10.4. The average Bonchev–Trinajstić information content (AvgIpc) is 3.11. The van der Waals surface area contributed by atoms with Crippen molar-refractivity contribution in [2.24, 2.45) is 0 Å². The number of amides is 2. The topological polar surface area (TPSA) is 99.0 Å². The summed E-state index contributed by atoms with van der Waals surface area (Å²) in [5.74, 6) is -0.201. The fourth-order valence-corrected chi connectivity index (χ4v) is 4.24. The van der Waals surface area contributed by atoms with Crippen LogP contribution in [0.4, 0.5) is 14.9 Å². The van der Waals surface area contributed by atoms with Gasteiger partial charge in [0.2, 0.25) is 0 Å². The largest absolute Gasteiger partial charge is 0.493 e. The van der Waals surface area contributed by atoms with Gasteiger partial charge in [-0.1, -0.05) is 36.4 Å². The van der Waals surface area contributed by atoms with E-state index in [9.17, 15) is 24.1 Å². The van der Waals surface area contributed by atoms with Gasteiger partial charge in [0.15, 0.2) is 11.5 Å². The summed E-state index contributed by atoms with van der Waals surface area (Å²) in [5, 5.41) is 10.5. The van der Waals surface area contributed by atoms with Crippen LogP contribution < -0.4 is 9.47 Å². The van der Waals surface area contributed by atoms with Crippen LogP contribution in [-0.2, 0) is 17.9 Å². The first-order valence-corrected chi connectivity index (χ1v) is 11.2. The van der Waals surface area contributed by atoms with Crippen molar-refractivity contribution in [3.8, 4) is 11.5 Å². The highest BCUT2D eigenvalue weighted by Gasteiger charge is 2.35. The van der Waals surface area contributed by atoms with Crippen molar-refractivity contribution >= 4 is 34.7 Å². The van der Waals surface area contributed by atoms with E-state index in [4.69, 9.17) is 9.47 Å². The molecule has 10 heteroatoms. The maximum absolute atomic E-state index is 14.0. The minimum atomic E-state index is -0.506. The van der Waals surface area contributed by atoms with Crippen LogP contribution in [0.1, 0.15) is 16.7 Å². The van der Waals surface area contributed by atoms with E-state index in [-0.39, 0.29) is 29.3 Å². The Morgan fingerprint density at radius 2 is 1.86 bits per heavy atom. The fraction of sp³-hybridized carbons (Fsp3) is 0.120. The SMILES string of the molecule is COc1cc(/C=C2/SC(=O)N(Cc3ccccc3F)C2=O)ccc1OCc1cccc([N+](=O)[O-])c1. The van der Waals surface area contributed by atoms with Crippen LogP contribution >= 0.6 is 11.8 Å². The van der Waals surface area contributed by atoms with E-state index in [1.165, 1.54) is 37.4 Å². The van der Waals surface area contributed by atoms with Gasteiger partial charge in [-0.15, -0.1) is 0 Å². The van der Waals surface area contributed by atoms with Crippen molar-refractivity contribution in [2.75, 3.05) is 7.11 Å². The lowest BCUT2D eigenvalue weighted by atomic mass is 10.1. The van der Waals surface area contributed by atoms with E-state index in [0.717, 1.165) is 16.7 Å². The number of nitrogens with zero attached hydrogens (tertiary/aromatic N) is 2. The van der Waals surface area contributed by atoms with Crippen molar-refractivity contribution in [3.05, 3.63) is 104 Å². The average molecular weight is 495 g/mol. The quantitative estimate of drug-likeness (QED) is 0.230. The molecule has 2 amide bonds. The van der Waals surface area contributed by atoms with Crippen LogP contribution in [0.2, 0.25) is 0 Å². The van der Waals surface area contributed by atoms with Crippen LogP contribution in [0.3, 0.4) is 0 Å². The van der Waals surface area contributed by atoms with Gasteiger partial charge in [-0.2, -0.15) is 0 Å². The number of benzene rings is 3. The molecular weight excluding hydrogens is 475 g/mol. The van der Waals surface area contributed by atoms with Crippen LogP contribution in [0, 0.1) is 15.9 Å². The Labute approximate surface area is 204 Å². The first-order valence-electron chi connectivity index (χ1n) is 10.4. The number of nitro groups is 1. The van der Waals surface area contributed by atoms with Gasteiger partial charge >= 0.3 is 0 Å². The second-order valence-corrected chi connectivity index (χ2v) is 8.48. The Morgan fingerprint density at radius 3 is 2.60 bits per heavy atom. The van der Waals surface area contributed by atoms with Gasteiger partial charge in [-0.05, 0) is 47.2 Å². The molecule has 0 atom stereocenters. The molecule has 1 fully saturated rings. The zero-order chi connectivity index (χ0) is 24.9. The summed E-state index contributed by atoms with van der Waals surface area (Å²) in [7, 11) is 1.46. The number of carbonyl (C=O) groups excluding carboxylic acids is 2. The van der Waals surface area contributed by atoms with Gasteiger partial charge in [0.05, 0.1) is 23.5 Å². The molecule has 0 saturated carbocycles. The van der Waals surface area contributed by atoms with E-state index >= 15 is 0 Å². The Morgan fingerprint density at radius 1 is 1.06 bits per heavy atom. The maximum Gasteiger partial charge on any atom is 0.293 e. The first kappa shape index (κ1) is 24.0. The summed E-state index contributed by atoms with van der Waals surface area (Å²) in [6, 6.07) is 17.1. The molecule has 3 aromatic carbocycles. The molecule has 178 valence electrons. The van der Waals surface area contributed by atoms with Gasteiger partial charge in [0.1, 0.15) is 12.4 Å². The van der Waals surface area contributed by atoms with Crippen molar-refractivity contribution in [1.29, 1.82) is 0 Å². The van der Waals surface area contributed by atoms with Crippen LogP contribution in [0.5, 0.6) is 11.5 Å². The highest BCUT2D eigenvalue weighted by atomic mass is 32.2. The Hall–Kier alpha value is -4.18. The van der Waals surface area contributed by atoms with Gasteiger partial charge in [0.25, 0.3) is 16.8 Å². The number of rotatable bonds is 8. The summed E-state index contributed by atoms with van der Waals surface area (Å²) < 4.78 is 25.1. The molecule has 0 bridgehead atoms. The monoisotopic (exact) mass is 494 g/mol. The molecule has 1 saturated heterocycles. The third-order valence-electron chi connectivity index (χ3n) is 5.16. The van der Waals surface area contributed by atoms with Gasteiger partial charge < -0.3 is 9.47 Å². The van der Waals surface area contributed by atoms with Crippen molar-refractivity contribution in [3.63, 3.8) is 0 Å². The Bertz CT molecular complexity index is 1340. The minimum absolute atomic E-state index is 0.0302. The number of hydrogen-bond donors (Lipinski definition) is 0. The summed E-state index contributed by atoms with van der Waals surface area (Å²) in [4.78, 5) is 36.8. The van der Waals surface area contributed by atoms with E-state index in [0.29, 0.717) is 22.6 Å². The number of methoxy groups -OCH3 is 1. The molecule has 8 nitrogen and oxygen atoms in total. The summed E-state index contributed by atoms with van der Waals surface area (Å²) in [5.41, 5.74) is 1.44. The standard InChI is InChI=1S/C25H19FN2O6S/c1-33-22-12-16(9-10-21(22)34-15-17-5-4-7-19(11-17)28(31)32)13-23-24(29)27(25(30)35-23)14-18-6-2-3-8-20(18)26/h2-13H,14-15H2,1H3/b23-13+. The van der Waals surface area contributed by atoms with Crippen molar-refractivity contribution in [2.45, 2.75) is 13.2 Å². The predicted molar refractivity (Wildman–Crippen MR) is 128 cm³/mol. The lowest BCUT2D eigenvalue weighted by Crippen LogP contribution is -2.27. The van der Waals surface area contributed by atoms with Crippen molar-refractivity contribution in [1.82, 2.24) is 4.90 Å². The predicted octanol–water partition coefficient (Wildman–Crippen LogP) is 5.56. The molecule has 1 aliphatic heterocycles. The molecule has 0 unspecified atom stereocenters. The molecule has 1 aliphatic rings. The number of carbonyl (C=O) groups is 2. The number of hydrogen-bond acceptors (Lipinski definition) is 7. The number of imide groups is 1. The summed E-state index contributed by atoms with van der Waals surface area (Å²) in [6.07, 6.45) is 1.55. The highest BCUT2D eigenvalue weighted by Crippen LogP contribution is 2.35. The Kier molecular flexibility index (Phi) is 7.11. The van der Waals surface area contributed by atoms with Gasteiger partial charge in [-0.3, -0.25) is 24.6 Å². The van der Waals surface area contributed by atoms with Gasteiger partial charge in [0, 0.05) is 17.7 Å². The molecular formula is C25H19FN2O6S. The molecule has 0 spiro atoms. The highest BCUT2D eigenvalue weighted by molar-refractivity contribution is 8.18. The fourth-order valence-electron chi connectivity index (χ4n) is 3.40. The van der Waals surface area contributed by atoms with Crippen LogP contribution in [-0.4, -0.2) is 28.1 Å². The normalized spacial score (nSPS) is 14.5. The number of thioether (sulfide) groups is 1. The molecule has 0 aliphatic carbocycles. The third kappa shape index (κ3) is 5.49. The molecule has 0 aromatic heterocycles. The number of ether oxygens (including phenoxy) is 2. The molecule has 0 radical (unpaired) electrons. The van der Waals surface area contributed by atoms with Crippen LogP contribution in [0.15, 0.2) is 71.6 Å². The first-order chi connectivity index (χ1) is 16.9. The lowest BCUT2D eigenvalue weighted by molar-refractivity contribution is -0.384. The lowest BCUT2D eigenvalue weighted by Gasteiger charge is -2.13. The van der Waals surface area contributed by atoms with E-state index in [2.05, 4.69) is 0 Å². The Balaban J connectivity index is 1.49. The summed E-state index contributed by atoms with van der Waals surface area (Å²) in [6.45, 7) is -0.0608. The second-order valence-electron chi connectivity index (χ2n) is 7.49. The zero-order valence-corrected chi connectivity index (χ0v) is 19.3. The number of nitro benzene ring substituents is 1. The van der Waals surface area contributed by atoms with E-state index in [1.807, 2.05) is 0 Å². The molecule has 3 aromatic rings. The molecule has 0 N–H and O–H groups in total. The number of halogens is 1. The third-order valence-corrected chi connectivity index (χ3v) is 6.07. The summed E-state index contributed by atoms with van der Waals surface area (Å²) >= 11 is 0.780. The number of non-ortho nitro benzene ring substituents is 1. The minimum Gasteiger partial charge on any atom is -0.493 e. The van der Waals surface area contributed by atoms with E-state index < -0.39 is 21.9 Å². The molecule has 1 heterocycles. The van der Waals surface area contributed by atoms with Gasteiger partial charge in [-0.25, -0.2) is 4.39 Å². The molecule has 35 heavy (non-hydrogen) atoms. The van der Waals surface area contributed by atoms with E-state index in [1.54, 1.807) is 42.5 Å². The van der Waals surface area contributed by atoms with Crippen molar-refractivity contribution < 1.29 is 28.4 Å². The maximum atomic E-state index is 14.0. The zero-order valence-electron chi connectivity index (χ0n) is 18.5. The molecule has 4 rings (SSSR count). The smallest absolute Gasteiger partial charge is 0.293 e. The van der Waals surface area contributed by atoms with Crippen LogP contribution in [0.25, 0.3) is 6.08 Å².